The average Bonchev–Trinajstić information content (AvgIpc) is 2.72. The number of hydrogen-bond acceptors (Lipinski definition) is 5. The molecule has 0 spiro atoms. The largest absolute Gasteiger partial charge is 0.482 e. The van der Waals surface area contributed by atoms with Crippen LogP contribution in [0.5, 0.6) is 5.75 Å². The lowest BCUT2D eigenvalue weighted by Gasteiger charge is -2.28. The van der Waals surface area contributed by atoms with Gasteiger partial charge in [0, 0.05) is 13.0 Å². The minimum absolute atomic E-state index is 0.195. The van der Waals surface area contributed by atoms with Crippen molar-refractivity contribution < 1.29 is 28.9 Å². The summed E-state index contributed by atoms with van der Waals surface area (Å²) in [6.45, 7) is 3.91. The Bertz CT molecular complexity index is 756. The van der Waals surface area contributed by atoms with Crippen molar-refractivity contribution in [3.8, 4) is 5.75 Å². The highest BCUT2D eigenvalue weighted by atomic mass is 16.6. The average molecular weight is 386 g/mol. The van der Waals surface area contributed by atoms with Crippen molar-refractivity contribution in [2.24, 2.45) is 0 Å². The Balaban J connectivity index is 1.86. The molecule has 2 rings (SSSR count). The lowest BCUT2D eigenvalue weighted by atomic mass is 9.91. The Morgan fingerprint density at radius 2 is 1.64 bits per heavy atom. The van der Waals surface area contributed by atoms with Crippen molar-refractivity contribution >= 4 is 11.9 Å². The third kappa shape index (κ3) is 6.09. The minimum atomic E-state index is -1.24. The minimum Gasteiger partial charge on any atom is -0.482 e. The third-order valence-corrected chi connectivity index (χ3v) is 4.39. The van der Waals surface area contributed by atoms with Gasteiger partial charge in [-0.2, -0.15) is 0 Å². The maximum atomic E-state index is 11.8. The molecule has 6 nitrogen and oxygen atoms in total. The van der Waals surface area contributed by atoms with Crippen LogP contribution < -0.4 is 4.74 Å². The number of carboxylic acids is 1. The fraction of sp³-hybridized carbons (Fsp3) is 0.364. The maximum Gasteiger partial charge on any atom is 0.344 e. The highest BCUT2D eigenvalue weighted by Crippen LogP contribution is 2.24. The van der Waals surface area contributed by atoms with Crippen molar-refractivity contribution in [2.45, 2.75) is 38.9 Å². The van der Waals surface area contributed by atoms with Crippen LogP contribution in [0.25, 0.3) is 0 Å². The van der Waals surface area contributed by atoms with Gasteiger partial charge in [0.05, 0.1) is 0 Å². The summed E-state index contributed by atoms with van der Waals surface area (Å²) >= 11 is 0. The number of rotatable bonds is 11. The molecule has 0 aromatic heterocycles. The fourth-order valence-corrected chi connectivity index (χ4v) is 2.80. The summed E-state index contributed by atoms with van der Waals surface area (Å²) in [5.74, 6) is -0.923. The molecule has 1 atom stereocenters. The fourth-order valence-electron chi connectivity index (χ4n) is 2.80. The monoisotopic (exact) mass is 386 g/mol. The first-order chi connectivity index (χ1) is 13.5. The number of ether oxygens (including phenoxy) is 3. The van der Waals surface area contributed by atoms with Crippen LogP contribution in [0, 0.1) is 0 Å². The van der Waals surface area contributed by atoms with E-state index in [4.69, 9.17) is 14.2 Å². The van der Waals surface area contributed by atoms with E-state index >= 15 is 0 Å². The van der Waals surface area contributed by atoms with Gasteiger partial charge in [0.1, 0.15) is 12.4 Å². The van der Waals surface area contributed by atoms with Crippen LogP contribution in [0.2, 0.25) is 0 Å². The summed E-state index contributed by atoms with van der Waals surface area (Å²) in [7, 11) is 0. The zero-order valence-electron chi connectivity index (χ0n) is 16.2. The number of aliphatic carboxylic acids is 1. The van der Waals surface area contributed by atoms with Gasteiger partial charge in [0.25, 0.3) is 0 Å². The van der Waals surface area contributed by atoms with E-state index in [-0.39, 0.29) is 19.6 Å². The van der Waals surface area contributed by atoms with E-state index < -0.39 is 17.5 Å². The van der Waals surface area contributed by atoms with Gasteiger partial charge in [0.15, 0.2) is 12.2 Å². The van der Waals surface area contributed by atoms with Crippen LogP contribution in [0.15, 0.2) is 54.6 Å². The first-order valence-electron chi connectivity index (χ1n) is 9.27. The van der Waals surface area contributed by atoms with Gasteiger partial charge in [-0.25, -0.2) is 9.59 Å². The normalized spacial score (nSPS) is 12.8. The van der Waals surface area contributed by atoms with Crippen LogP contribution >= 0.6 is 0 Å². The first kappa shape index (κ1) is 21.4. The zero-order valence-corrected chi connectivity index (χ0v) is 16.2. The van der Waals surface area contributed by atoms with Gasteiger partial charge in [0.2, 0.25) is 0 Å². The smallest absolute Gasteiger partial charge is 0.344 e. The number of hydrogen-bond donors (Lipinski definition) is 1. The highest BCUT2D eigenvalue weighted by Gasteiger charge is 2.37. The van der Waals surface area contributed by atoms with Crippen molar-refractivity contribution in [3.05, 3.63) is 65.7 Å². The number of carbonyl (C=O) groups is 2. The van der Waals surface area contributed by atoms with E-state index in [0.29, 0.717) is 18.8 Å². The molecule has 0 amide bonds. The number of carbonyl (C=O) groups excluding carboxylic acids is 1. The second kappa shape index (κ2) is 10.5. The quantitative estimate of drug-likeness (QED) is 0.594. The second-order valence-electron chi connectivity index (χ2n) is 6.34. The Morgan fingerprint density at radius 1 is 0.964 bits per heavy atom. The molecule has 0 saturated heterocycles. The molecule has 1 N–H and O–H groups in total. The maximum absolute atomic E-state index is 11.8. The van der Waals surface area contributed by atoms with Gasteiger partial charge in [-0.15, -0.1) is 0 Å². The molecular formula is C22H26O6. The molecule has 0 bridgehead atoms. The van der Waals surface area contributed by atoms with Crippen LogP contribution in [0.1, 0.15) is 31.4 Å². The molecule has 0 saturated carbocycles. The van der Waals surface area contributed by atoms with E-state index in [0.717, 1.165) is 11.1 Å². The lowest BCUT2D eigenvalue weighted by Crippen LogP contribution is -2.43. The molecule has 150 valence electrons. The second-order valence-corrected chi connectivity index (χ2v) is 6.34. The number of carboxylic acid groups (broad SMARTS) is 1. The number of esters is 1. The Morgan fingerprint density at radius 3 is 2.21 bits per heavy atom. The van der Waals surface area contributed by atoms with Gasteiger partial charge < -0.3 is 19.3 Å². The van der Waals surface area contributed by atoms with Crippen molar-refractivity contribution in [3.63, 3.8) is 0 Å². The summed E-state index contributed by atoms with van der Waals surface area (Å²) in [6.07, 6.45) is 0.619. The first-order valence-corrected chi connectivity index (χ1v) is 9.27. The summed E-state index contributed by atoms with van der Waals surface area (Å²) in [4.78, 5) is 23.5. The molecule has 6 heteroatoms. The topological polar surface area (TPSA) is 82.1 Å². The predicted molar refractivity (Wildman–Crippen MR) is 104 cm³/mol. The van der Waals surface area contributed by atoms with E-state index in [1.54, 1.807) is 38.1 Å². The summed E-state index contributed by atoms with van der Waals surface area (Å²) in [5.41, 5.74) is 0.488. The lowest BCUT2D eigenvalue weighted by molar-refractivity contribution is -0.166. The standard InChI is InChI=1S/C22H26O6/c1-3-22(21(24)25,28-4-2)14-17-10-12-19(13-11-17)26-16-20(23)27-15-18-8-6-5-7-9-18/h5-13H,3-4,14-16H2,1-2H3,(H,24,25)/t22-/m0/s1. The summed E-state index contributed by atoms with van der Waals surface area (Å²) < 4.78 is 16.1. The molecule has 0 radical (unpaired) electrons. The molecule has 0 aliphatic carbocycles. The summed E-state index contributed by atoms with van der Waals surface area (Å²) in [5, 5.41) is 9.55. The Kier molecular flexibility index (Phi) is 8.02. The molecule has 0 aliphatic rings. The molecule has 0 unspecified atom stereocenters. The van der Waals surface area contributed by atoms with Crippen molar-refractivity contribution in [2.75, 3.05) is 13.2 Å². The molecule has 28 heavy (non-hydrogen) atoms. The van der Waals surface area contributed by atoms with E-state index in [2.05, 4.69) is 0 Å². The number of benzene rings is 2. The Labute approximate surface area is 165 Å². The van der Waals surface area contributed by atoms with E-state index in [1.807, 2.05) is 30.3 Å². The molecule has 0 aliphatic heterocycles. The molecular weight excluding hydrogens is 360 g/mol. The SMILES string of the molecule is CCO[C@@](CC)(Cc1ccc(OCC(=O)OCc2ccccc2)cc1)C(=O)O. The van der Waals surface area contributed by atoms with E-state index in [9.17, 15) is 14.7 Å². The summed E-state index contributed by atoms with van der Waals surface area (Å²) in [6, 6.07) is 16.4. The Hall–Kier alpha value is -2.86. The van der Waals surface area contributed by atoms with Crippen LogP contribution in [-0.4, -0.2) is 35.9 Å². The van der Waals surface area contributed by atoms with Gasteiger partial charge in [-0.05, 0) is 36.6 Å². The van der Waals surface area contributed by atoms with Crippen molar-refractivity contribution in [1.29, 1.82) is 0 Å². The molecule has 2 aromatic carbocycles. The van der Waals surface area contributed by atoms with Gasteiger partial charge >= 0.3 is 11.9 Å². The third-order valence-electron chi connectivity index (χ3n) is 4.39. The molecule has 0 fully saturated rings. The van der Waals surface area contributed by atoms with Gasteiger partial charge in [-0.3, -0.25) is 0 Å². The van der Waals surface area contributed by atoms with Gasteiger partial charge in [-0.1, -0.05) is 49.4 Å². The van der Waals surface area contributed by atoms with Crippen LogP contribution in [0.3, 0.4) is 0 Å². The van der Waals surface area contributed by atoms with E-state index in [1.165, 1.54) is 0 Å². The zero-order chi connectivity index (χ0) is 20.4. The van der Waals surface area contributed by atoms with Crippen molar-refractivity contribution in [1.82, 2.24) is 0 Å². The highest BCUT2D eigenvalue weighted by molar-refractivity contribution is 5.78. The van der Waals surface area contributed by atoms with Crippen LogP contribution in [0.4, 0.5) is 0 Å². The molecule has 0 heterocycles. The van der Waals surface area contributed by atoms with Crippen LogP contribution in [-0.2, 0) is 32.1 Å². The predicted octanol–water partition coefficient (Wildman–Crippen LogP) is 3.62. The molecule has 2 aromatic rings.